The molecule has 0 unspecified atom stereocenters. The van der Waals surface area contributed by atoms with Crippen molar-refractivity contribution in [1.82, 2.24) is 0 Å². The van der Waals surface area contributed by atoms with Crippen molar-refractivity contribution in [3.63, 3.8) is 0 Å². The molecule has 0 aliphatic heterocycles. The summed E-state index contributed by atoms with van der Waals surface area (Å²) in [6.45, 7) is 4.17. The van der Waals surface area contributed by atoms with Crippen LogP contribution in [0.1, 0.15) is 11.1 Å². The molecule has 0 aliphatic rings. The summed E-state index contributed by atoms with van der Waals surface area (Å²) in [7, 11) is 0. The number of hydrogen-bond acceptors (Lipinski definition) is 1. The second-order valence-corrected chi connectivity index (χ2v) is 4.03. The van der Waals surface area contributed by atoms with Crippen LogP contribution in [-0.2, 0) is 0 Å². The molecule has 0 saturated carbocycles. The molecule has 0 spiro atoms. The first-order valence-corrected chi connectivity index (χ1v) is 5.23. The summed E-state index contributed by atoms with van der Waals surface area (Å²) in [5, 5.41) is 4.28. The topological polar surface area (TPSA) is 0 Å². The standard InChI is InChI=1S/C12H11S/c1-9-5-10(2)7-12(6-9)11-3-4-13-8-11/h3-4,6-8H,1-2H3. The number of benzene rings is 1. The molecule has 0 saturated heterocycles. The molecule has 1 radical (unpaired) electrons. The lowest BCUT2D eigenvalue weighted by Crippen LogP contribution is -1.80. The number of thiophene rings is 1. The van der Waals surface area contributed by atoms with Crippen LogP contribution in [-0.4, -0.2) is 0 Å². The van der Waals surface area contributed by atoms with Gasteiger partial charge in [0.2, 0.25) is 0 Å². The Labute approximate surface area is 82.9 Å². The van der Waals surface area contributed by atoms with Crippen molar-refractivity contribution in [2.24, 2.45) is 0 Å². The van der Waals surface area contributed by atoms with Crippen LogP contribution in [0.25, 0.3) is 11.1 Å². The predicted molar refractivity (Wildman–Crippen MR) is 58.1 cm³/mol. The van der Waals surface area contributed by atoms with Gasteiger partial charge in [0, 0.05) is 0 Å². The highest BCUT2D eigenvalue weighted by atomic mass is 32.1. The molecule has 0 atom stereocenters. The van der Waals surface area contributed by atoms with Gasteiger partial charge in [-0.3, -0.25) is 0 Å². The van der Waals surface area contributed by atoms with Crippen LogP contribution < -0.4 is 0 Å². The third-order valence-electron chi connectivity index (χ3n) is 1.99. The van der Waals surface area contributed by atoms with Crippen LogP contribution in [0.15, 0.2) is 29.0 Å². The molecule has 2 aromatic rings. The Balaban J connectivity index is 2.53. The van der Waals surface area contributed by atoms with Crippen LogP contribution >= 0.6 is 11.3 Å². The van der Waals surface area contributed by atoms with Gasteiger partial charge in [0.05, 0.1) is 0 Å². The first-order chi connectivity index (χ1) is 6.25. The number of rotatable bonds is 1. The van der Waals surface area contributed by atoms with Crippen molar-refractivity contribution < 1.29 is 0 Å². The van der Waals surface area contributed by atoms with Gasteiger partial charge in [-0.15, -0.1) is 0 Å². The smallest absolute Gasteiger partial charge is 0.00147 e. The SMILES string of the molecule is Cc1[c]c(C)cc(-c2ccsc2)c1. The van der Waals surface area contributed by atoms with Crippen molar-refractivity contribution >= 4 is 11.3 Å². The molecular formula is C12H11S. The Kier molecular flexibility index (Phi) is 2.19. The third kappa shape index (κ3) is 1.81. The minimum atomic E-state index is 1.21. The predicted octanol–water partition coefficient (Wildman–Crippen LogP) is 3.83. The summed E-state index contributed by atoms with van der Waals surface area (Å²) in [5.74, 6) is 0. The van der Waals surface area contributed by atoms with Gasteiger partial charge >= 0.3 is 0 Å². The largest absolute Gasteiger partial charge is 0.152 e. The van der Waals surface area contributed by atoms with E-state index in [1.807, 2.05) is 0 Å². The normalized spacial score (nSPS) is 10.3. The highest BCUT2D eigenvalue weighted by Gasteiger charge is 1.99. The van der Waals surface area contributed by atoms with E-state index in [1.165, 1.54) is 22.3 Å². The van der Waals surface area contributed by atoms with Crippen LogP contribution in [0.3, 0.4) is 0 Å². The highest BCUT2D eigenvalue weighted by molar-refractivity contribution is 7.08. The van der Waals surface area contributed by atoms with E-state index in [0.717, 1.165) is 0 Å². The second kappa shape index (κ2) is 3.35. The van der Waals surface area contributed by atoms with Crippen molar-refractivity contribution in [2.45, 2.75) is 13.8 Å². The molecule has 1 aromatic carbocycles. The Morgan fingerprint density at radius 1 is 1.08 bits per heavy atom. The number of hydrogen-bond donors (Lipinski definition) is 0. The summed E-state index contributed by atoms with van der Waals surface area (Å²) >= 11 is 1.74. The molecule has 1 heteroatoms. The first-order valence-electron chi connectivity index (χ1n) is 4.29. The fourth-order valence-corrected chi connectivity index (χ4v) is 2.15. The highest BCUT2D eigenvalue weighted by Crippen LogP contribution is 2.23. The van der Waals surface area contributed by atoms with Gasteiger partial charge in [-0.25, -0.2) is 0 Å². The summed E-state index contributed by atoms with van der Waals surface area (Å²) in [6, 6.07) is 9.78. The molecular weight excluding hydrogens is 176 g/mol. The van der Waals surface area contributed by atoms with Crippen LogP contribution in [0.2, 0.25) is 0 Å². The lowest BCUT2D eigenvalue weighted by molar-refractivity contribution is 1.37. The molecule has 0 bridgehead atoms. The van der Waals surface area contributed by atoms with Gasteiger partial charge in [0.25, 0.3) is 0 Å². The average Bonchev–Trinajstić information content (AvgIpc) is 2.53. The zero-order valence-corrected chi connectivity index (χ0v) is 8.61. The van der Waals surface area contributed by atoms with E-state index in [9.17, 15) is 0 Å². The molecule has 1 heterocycles. The van der Waals surface area contributed by atoms with Gasteiger partial charge < -0.3 is 0 Å². The van der Waals surface area contributed by atoms with Crippen LogP contribution in [0, 0.1) is 19.9 Å². The van der Waals surface area contributed by atoms with Crippen molar-refractivity contribution in [3.8, 4) is 11.1 Å². The summed E-state index contributed by atoms with van der Waals surface area (Å²) in [4.78, 5) is 0. The first kappa shape index (κ1) is 8.52. The van der Waals surface area contributed by atoms with Gasteiger partial charge in [-0.2, -0.15) is 11.3 Å². The maximum atomic E-state index is 3.28. The molecule has 2 rings (SSSR count). The summed E-state index contributed by atoms with van der Waals surface area (Å²) in [6.07, 6.45) is 0. The van der Waals surface area contributed by atoms with E-state index >= 15 is 0 Å². The van der Waals surface area contributed by atoms with Gasteiger partial charge in [0.1, 0.15) is 0 Å². The van der Waals surface area contributed by atoms with E-state index < -0.39 is 0 Å². The monoisotopic (exact) mass is 187 g/mol. The summed E-state index contributed by atoms with van der Waals surface area (Å²) in [5.41, 5.74) is 5.03. The van der Waals surface area contributed by atoms with Crippen LogP contribution in [0.5, 0.6) is 0 Å². The van der Waals surface area contributed by atoms with Crippen molar-refractivity contribution in [2.75, 3.05) is 0 Å². The third-order valence-corrected chi connectivity index (χ3v) is 2.68. The second-order valence-electron chi connectivity index (χ2n) is 3.25. The lowest BCUT2D eigenvalue weighted by atomic mass is 10.0. The van der Waals surface area contributed by atoms with Crippen LogP contribution in [0.4, 0.5) is 0 Å². The van der Waals surface area contributed by atoms with E-state index in [0.29, 0.717) is 0 Å². The average molecular weight is 187 g/mol. The maximum absolute atomic E-state index is 3.28. The van der Waals surface area contributed by atoms with Gasteiger partial charge in [0.15, 0.2) is 0 Å². The lowest BCUT2D eigenvalue weighted by Gasteiger charge is -2.01. The Hall–Kier alpha value is -1.08. The Morgan fingerprint density at radius 3 is 2.31 bits per heavy atom. The quantitative estimate of drug-likeness (QED) is 0.636. The minimum Gasteiger partial charge on any atom is -0.152 e. The molecule has 0 aliphatic carbocycles. The van der Waals surface area contributed by atoms with Crippen molar-refractivity contribution in [1.29, 1.82) is 0 Å². The molecule has 1 aromatic heterocycles. The molecule has 0 amide bonds. The van der Waals surface area contributed by atoms with Gasteiger partial charge in [-0.05, 0) is 59.0 Å². The van der Waals surface area contributed by atoms with E-state index in [1.54, 1.807) is 11.3 Å². The fourth-order valence-electron chi connectivity index (χ4n) is 1.49. The zero-order chi connectivity index (χ0) is 9.26. The molecule has 0 N–H and O–H groups in total. The van der Waals surface area contributed by atoms with E-state index in [4.69, 9.17) is 0 Å². The Morgan fingerprint density at radius 2 is 1.77 bits per heavy atom. The fraction of sp³-hybridized carbons (Fsp3) is 0.167. The zero-order valence-electron chi connectivity index (χ0n) is 7.79. The molecule has 13 heavy (non-hydrogen) atoms. The molecule has 65 valence electrons. The van der Waals surface area contributed by atoms with Gasteiger partial charge in [-0.1, -0.05) is 12.1 Å². The number of aryl methyl sites for hydroxylation is 2. The maximum Gasteiger partial charge on any atom is -0.00147 e. The van der Waals surface area contributed by atoms with Crippen molar-refractivity contribution in [3.05, 3.63) is 46.2 Å². The Bertz CT molecular complexity index is 379. The summed E-state index contributed by atoms with van der Waals surface area (Å²) < 4.78 is 0. The minimum absolute atomic E-state index is 1.21. The molecule has 0 fully saturated rings. The molecule has 0 nitrogen and oxygen atoms in total. The van der Waals surface area contributed by atoms with E-state index in [2.05, 4.69) is 48.9 Å². The van der Waals surface area contributed by atoms with E-state index in [-0.39, 0.29) is 0 Å².